The van der Waals surface area contributed by atoms with Gasteiger partial charge in [-0.2, -0.15) is 0 Å². The van der Waals surface area contributed by atoms with Crippen molar-refractivity contribution in [3.8, 4) is 0 Å². The second-order valence-corrected chi connectivity index (χ2v) is 7.54. The minimum absolute atomic E-state index is 0.0441. The van der Waals surface area contributed by atoms with Crippen molar-refractivity contribution in [3.63, 3.8) is 0 Å². The number of rotatable bonds is 8. The van der Waals surface area contributed by atoms with Gasteiger partial charge in [-0.15, -0.1) is 0 Å². The maximum absolute atomic E-state index is 12.1. The Morgan fingerprint density at radius 1 is 1.15 bits per heavy atom. The summed E-state index contributed by atoms with van der Waals surface area (Å²) in [5, 5.41) is 8.60. The molecule has 0 unspecified atom stereocenters. The van der Waals surface area contributed by atoms with Crippen LogP contribution >= 0.6 is 0 Å². The Labute approximate surface area is 163 Å². The monoisotopic (exact) mass is 374 g/mol. The summed E-state index contributed by atoms with van der Waals surface area (Å²) in [7, 11) is 0. The molecule has 1 heterocycles. The van der Waals surface area contributed by atoms with E-state index >= 15 is 0 Å². The predicted molar refractivity (Wildman–Crippen MR) is 111 cm³/mol. The number of carbonyl (C=O) groups excluding carboxylic acids is 2. The van der Waals surface area contributed by atoms with Gasteiger partial charge in [-0.1, -0.05) is 19.9 Å². The molecule has 1 aliphatic rings. The van der Waals surface area contributed by atoms with Crippen molar-refractivity contribution in [2.75, 3.05) is 36.8 Å². The van der Waals surface area contributed by atoms with Gasteiger partial charge in [0.25, 0.3) is 0 Å². The number of hydrogen-bond donors (Lipinski definition) is 3. The molecule has 2 rings (SSSR count). The van der Waals surface area contributed by atoms with E-state index in [0.717, 1.165) is 30.9 Å². The molecule has 3 N–H and O–H groups in total. The third-order valence-corrected chi connectivity index (χ3v) is 5.15. The Morgan fingerprint density at radius 3 is 2.59 bits per heavy atom. The molecule has 6 heteroatoms. The minimum Gasteiger partial charge on any atom is -0.338 e. The lowest BCUT2D eigenvalue weighted by Gasteiger charge is -2.30. The summed E-state index contributed by atoms with van der Waals surface area (Å²) in [6, 6.07) is 5.32. The van der Waals surface area contributed by atoms with E-state index in [1.165, 1.54) is 25.9 Å². The molecule has 150 valence electrons. The van der Waals surface area contributed by atoms with Gasteiger partial charge in [0.1, 0.15) is 0 Å². The van der Waals surface area contributed by atoms with Crippen LogP contribution in [0.15, 0.2) is 18.2 Å². The molecule has 0 radical (unpaired) electrons. The van der Waals surface area contributed by atoms with Gasteiger partial charge in [0, 0.05) is 24.3 Å². The molecule has 0 spiro atoms. The normalized spacial score (nSPS) is 15.4. The highest BCUT2D eigenvalue weighted by atomic mass is 16.2. The molecule has 0 aliphatic carbocycles. The first kappa shape index (κ1) is 21.2. The Kier molecular flexibility index (Phi) is 8.58. The number of unbranched alkanes of at least 4 members (excludes halogenated alkanes) is 1. The lowest BCUT2D eigenvalue weighted by Crippen LogP contribution is -2.34. The van der Waals surface area contributed by atoms with Crippen molar-refractivity contribution in [1.29, 1.82) is 0 Å². The minimum atomic E-state index is -0.205. The van der Waals surface area contributed by atoms with E-state index in [0.29, 0.717) is 24.3 Å². The van der Waals surface area contributed by atoms with Gasteiger partial charge in [0.05, 0.1) is 0 Å². The zero-order valence-electron chi connectivity index (χ0n) is 16.9. The zero-order chi connectivity index (χ0) is 19.6. The van der Waals surface area contributed by atoms with E-state index in [1.54, 1.807) is 6.07 Å². The summed E-state index contributed by atoms with van der Waals surface area (Å²) in [5.41, 5.74) is 2.36. The van der Waals surface area contributed by atoms with Gasteiger partial charge in [0.2, 0.25) is 5.91 Å². The second-order valence-electron chi connectivity index (χ2n) is 7.54. The first-order chi connectivity index (χ1) is 13.0. The van der Waals surface area contributed by atoms with Gasteiger partial charge >= 0.3 is 6.03 Å². The molecule has 0 atom stereocenters. The summed E-state index contributed by atoms with van der Waals surface area (Å²) in [4.78, 5) is 26.2. The number of hydrogen-bond acceptors (Lipinski definition) is 3. The molecule has 0 bridgehead atoms. The average molecular weight is 375 g/mol. The number of piperidine rings is 1. The van der Waals surface area contributed by atoms with Crippen LogP contribution in [-0.4, -0.2) is 43.0 Å². The van der Waals surface area contributed by atoms with Crippen LogP contribution < -0.4 is 16.0 Å². The topological polar surface area (TPSA) is 73.5 Å². The Balaban J connectivity index is 1.67. The summed E-state index contributed by atoms with van der Waals surface area (Å²) in [5.74, 6) is 0.821. The Hall–Kier alpha value is -2.08. The third-order valence-electron chi connectivity index (χ3n) is 5.15. The number of amides is 3. The van der Waals surface area contributed by atoms with E-state index in [9.17, 15) is 9.59 Å². The molecular formula is C21H34N4O2. The van der Waals surface area contributed by atoms with Gasteiger partial charge in [0.15, 0.2) is 0 Å². The van der Waals surface area contributed by atoms with Crippen molar-refractivity contribution >= 4 is 23.3 Å². The molecule has 0 saturated carbocycles. The van der Waals surface area contributed by atoms with E-state index in [-0.39, 0.29) is 11.9 Å². The predicted octanol–water partition coefficient (Wildman–Crippen LogP) is 3.98. The fourth-order valence-corrected chi connectivity index (χ4v) is 3.20. The lowest BCUT2D eigenvalue weighted by atomic mass is 9.99. The van der Waals surface area contributed by atoms with Crippen LogP contribution in [0.25, 0.3) is 0 Å². The Morgan fingerprint density at radius 2 is 1.89 bits per heavy atom. The van der Waals surface area contributed by atoms with Crippen molar-refractivity contribution < 1.29 is 9.59 Å². The molecule has 0 aromatic heterocycles. The van der Waals surface area contributed by atoms with Crippen LogP contribution in [0, 0.1) is 12.8 Å². The first-order valence-electron chi connectivity index (χ1n) is 10.2. The van der Waals surface area contributed by atoms with Crippen LogP contribution in [0.2, 0.25) is 0 Å². The molecule has 1 aromatic carbocycles. The van der Waals surface area contributed by atoms with Crippen LogP contribution in [0.1, 0.15) is 51.5 Å². The smallest absolute Gasteiger partial charge is 0.319 e. The van der Waals surface area contributed by atoms with Crippen molar-refractivity contribution in [1.82, 2.24) is 10.2 Å². The number of benzene rings is 1. The first-order valence-corrected chi connectivity index (χ1v) is 10.2. The van der Waals surface area contributed by atoms with Crippen LogP contribution in [-0.2, 0) is 4.79 Å². The van der Waals surface area contributed by atoms with Gasteiger partial charge < -0.3 is 20.9 Å². The summed E-state index contributed by atoms with van der Waals surface area (Å²) in [6.45, 7) is 10.3. The summed E-state index contributed by atoms with van der Waals surface area (Å²) >= 11 is 0. The standard InChI is InChI=1S/C21H34N4O2/c1-4-20(26)23-18-8-7-17(3)19(15-18)24-21(27)22-11-5-6-12-25-13-9-16(2)10-14-25/h7-8,15-16H,4-6,9-14H2,1-3H3,(H,23,26)(H2,22,24,27). The number of carbonyl (C=O) groups is 2. The van der Waals surface area contributed by atoms with Crippen LogP contribution in [0.5, 0.6) is 0 Å². The molecule has 1 aliphatic heterocycles. The van der Waals surface area contributed by atoms with Crippen molar-refractivity contribution in [3.05, 3.63) is 23.8 Å². The molecule has 1 fully saturated rings. The van der Waals surface area contributed by atoms with Crippen molar-refractivity contribution in [2.24, 2.45) is 5.92 Å². The number of likely N-dealkylation sites (tertiary alicyclic amines) is 1. The van der Waals surface area contributed by atoms with E-state index in [1.807, 2.05) is 26.0 Å². The second kappa shape index (κ2) is 10.9. The molecule has 3 amide bonds. The highest BCUT2D eigenvalue weighted by Gasteiger charge is 2.14. The highest BCUT2D eigenvalue weighted by Crippen LogP contribution is 2.20. The largest absolute Gasteiger partial charge is 0.338 e. The Bertz CT molecular complexity index is 625. The molecule has 27 heavy (non-hydrogen) atoms. The number of nitrogens with one attached hydrogen (secondary N) is 3. The quantitative estimate of drug-likeness (QED) is 0.603. The SMILES string of the molecule is CCC(=O)Nc1ccc(C)c(NC(=O)NCCCCN2CCC(C)CC2)c1. The fourth-order valence-electron chi connectivity index (χ4n) is 3.20. The maximum Gasteiger partial charge on any atom is 0.319 e. The van der Waals surface area contributed by atoms with Gasteiger partial charge in [-0.3, -0.25) is 4.79 Å². The fraction of sp³-hybridized carbons (Fsp3) is 0.619. The summed E-state index contributed by atoms with van der Waals surface area (Å²) in [6.07, 6.45) is 5.11. The number of urea groups is 1. The highest BCUT2D eigenvalue weighted by molar-refractivity contribution is 5.94. The molecular weight excluding hydrogens is 340 g/mol. The van der Waals surface area contributed by atoms with E-state index < -0.39 is 0 Å². The zero-order valence-corrected chi connectivity index (χ0v) is 16.9. The number of nitrogens with zero attached hydrogens (tertiary/aromatic N) is 1. The molecule has 1 saturated heterocycles. The van der Waals surface area contributed by atoms with Crippen LogP contribution in [0.4, 0.5) is 16.2 Å². The van der Waals surface area contributed by atoms with Gasteiger partial charge in [-0.25, -0.2) is 4.79 Å². The van der Waals surface area contributed by atoms with Crippen LogP contribution in [0.3, 0.4) is 0 Å². The third kappa shape index (κ3) is 7.59. The lowest BCUT2D eigenvalue weighted by molar-refractivity contribution is -0.115. The van der Waals surface area contributed by atoms with Gasteiger partial charge in [-0.05, 0) is 75.9 Å². The summed E-state index contributed by atoms with van der Waals surface area (Å²) < 4.78 is 0. The molecule has 1 aromatic rings. The average Bonchev–Trinajstić information content (AvgIpc) is 2.65. The number of anilines is 2. The van der Waals surface area contributed by atoms with E-state index in [2.05, 4.69) is 27.8 Å². The molecule has 6 nitrogen and oxygen atoms in total. The van der Waals surface area contributed by atoms with E-state index in [4.69, 9.17) is 0 Å². The maximum atomic E-state index is 12.1. The number of aryl methyl sites for hydroxylation is 1. The van der Waals surface area contributed by atoms with Crippen molar-refractivity contribution in [2.45, 2.75) is 52.9 Å².